The van der Waals surface area contributed by atoms with E-state index in [2.05, 4.69) is 10.6 Å². The molecule has 1 heterocycles. The third-order valence-corrected chi connectivity index (χ3v) is 3.89. The molecule has 5 nitrogen and oxygen atoms in total. The van der Waals surface area contributed by atoms with Crippen molar-refractivity contribution in [3.05, 3.63) is 78.1 Å². The highest BCUT2D eigenvalue weighted by Crippen LogP contribution is 2.35. The fourth-order valence-corrected chi connectivity index (χ4v) is 2.61. The third-order valence-electron chi connectivity index (χ3n) is 3.89. The van der Waals surface area contributed by atoms with Crippen LogP contribution in [0.25, 0.3) is 0 Å². The molecular formula is C20H15FN2O3. The van der Waals surface area contributed by atoms with Crippen LogP contribution < -0.4 is 20.1 Å². The molecule has 130 valence electrons. The minimum atomic E-state index is -0.444. The molecule has 1 amide bonds. The van der Waals surface area contributed by atoms with Crippen LogP contribution in [-0.4, -0.2) is 12.7 Å². The second kappa shape index (κ2) is 6.76. The lowest BCUT2D eigenvalue weighted by Gasteiger charge is -2.09. The van der Waals surface area contributed by atoms with Crippen molar-refractivity contribution in [2.24, 2.45) is 0 Å². The van der Waals surface area contributed by atoms with Crippen molar-refractivity contribution in [2.75, 3.05) is 17.4 Å². The van der Waals surface area contributed by atoms with Gasteiger partial charge < -0.3 is 20.1 Å². The number of benzene rings is 3. The Bertz CT molecular complexity index is 958. The zero-order chi connectivity index (χ0) is 17.9. The molecule has 0 atom stereocenters. The van der Waals surface area contributed by atoms with Gasteiger partial charge in [0, 0.05) is 28.7 Å². The van der Waals surface area contributed by atoms with E-state index in [1.807, 2.05) is 30.3 Å². The summed E-state index contributed by atoms with van der Waals surface area (Å²) in [6, 6.07) is 18.4. The highest BCUT2D eigenvalue weighted by molar-refractivity contribution is 6.04. The van der Waals surface area contributed by atoms with Crippen LogP contribution in [0.1, 0.15) is 10.4 Å². The Balaban J connectivity index is 1.43. The summed E-state index contributed by atoms with van der Waals surface area (Å²) in [5.74, 6) is 0.627. The van der Waals surface area contributed by atoms with Crippen LogP contribution in [0.2, 0.25) is 0 Å². The van der Waals surface area contributed by atoms with E-state index in [9.17, 15) is 9.18 Å². The van der Waals surface area contributed by atoms with Crippen molar-refractivity contribution >= 4 is 23.0 Å². The molecule has 2 N–H and O–H groups in total. The number of ether oxygens (including phenoxy) is 2. The topological polar surface area (TPSA) is 59.6 Å². The number of hydrogen-bond donors (Lipinski definition) is 2. The summed E-state index contributed by atoms with van der Waals surface area (Å²) in [6.07, 6.45) is 0. The molecule has 0 aromatic heterocycles. The Morgan fingerprint density at radius 3 is 2.38 bits per heavy atom. The average molecular weight is 350 g/mol. The first-order chi connectivity index (χ1) is 12.7. The van der Waals surface area contributed by atoms with E-state index in [0.717, 1.165) is 17.1 Å². The van der Waals surface area contributed by atoms with Gasteiger partial charge in [-0.25, -0.2) is 4.39 Å². The summed E-state index contributed by atoms with van der Waals surface area (Å²) in [5.41, 5.74) is 2.61. The standard InChI is InChI=1S/C20H15FN2O3/c21-14-3-1-2-13(10-14)20(24)23-16-6-4-15(5-7-16)22-17-8-9-18-19(11-17)26-12-25-18/h1-11,22H,12H2,(H,23,24). The molecule has 1 aliphatic rings. The molecule has 4 rings (SSSR count). The summed E-state index contributed by atoms with van der Waals surface area (Å²) >= 11 is 0. The van der Waals surface area contributed by atoms with Crippen molar-refractivity contribution < 1.29 is 18.7 Å². The summed E-state index contributed by atoms with van der Waals surface area (Å²) < 4.78 is 23.8. The van der Waals surface area contributed by atoms with E-state index in [4.69, 9.17) is 9.47 Å². The average Bonchev–Trinajstić information content (AvgIpc) is 3.11. The maximum atomic E-state index is 13.2. The zero-order valence-corrected chi connectivity index (χ0v) is 13.7. The molecule has 0 spiro atoms. The maximum absolute atomic E-state index is 13.2. The summed E-state index contributed by atoms with van der Waals surface area (Å²) in [5, 5.41) is 6.00. The summed E-state index contributed by atoms with van der Waals surface area (Å²) in [7, 11) is 0. The van der Waals surface area contributed by atoms with E-state index in [0.29, 0.717) is 11.4 Å². The molecule has 0 radical (unpaired) electrons. The first-order valence-corrected chi connectivity index (χ1v) is 8.01. The van der Waals surface area contributed by atoms with Crippen molar-refractivity contribution in [3.63, 3.8) is 0 Å². The van der Waals surface area contributed by atoms with Gasteiger partial charge in [-0.15, -0.1) is 0 Å². The van der Waals surface area contributed by atoms with Gasteiger partial charge in [-0.3, -0.25) is 4.79 Å². The Kier molecular flexibility index (Phi) is 4.15. The molecule has 3 aromatic rings. The van der Waals surface area contributed by atoms with Gasteiger partial charge in [0.05, 0.1) is 0 Å². The minimum absolute atomic E-state index is 0.235. The largest absolute Gasteiger partial charge is 0.454 e. The van der Waals surface area contributed by atoms with E-state index in [1.165, 1.54) is 18.2 Å². The van der Waals surface area contributed by atoms with Gasteiger partial charge in [-0.2, -0.15) is 0 Å². The Labute approximate surface area is 149 Å². The number of rotatable bonds is 4. The van der Waals surface area contributed by atoms with Crippen LogP contribution in [0.3, 0.4) is 0 Å². The molecule has 0 aliphatic carbocycles. The van der Waals surface area contributed by atoms with Crippen molar-refractivity contribution in [1.29, 1.82) is 0 Å². The molecule has 26 heavy (non-hydrogen) atoms. The Hall–Kier alpha value is -3.54. The molecule has 0 saturated heterocycles. The lowest BCUT2D eigenvalue weighted by Crippen LogP contribution is -2.11. The quantitative estimate of drug-likeness (QED) is 0.725. The number of carbonyl (C=O) groups is 1. The molecule has 0 fully saturated rings. The van der Waals surface area contributed by atoms with Crippen LogP contribution in [0.5, 0.6) is 11.5 Å². The lowest BCUT2D eigenvalue weighted by atomic mass is 10.2. The number of hydrogen-bond acceptors (Lipinski definition) is 4. The maximum Gasteiger partial charge on any atom is 0.255 e. The lowest BCUT2D eigenvalue weighted by molar-refractivity contribution is 0.102. The van der Waals surface area contributed by atoms with Gasteiger partial charge in [0.2, 0.25) is 6.79 Å². The van der Waals surface area contributed by atoms with Crippen LogP contribution >= 0.6 is 0 Å². The fraction of sp³-hybridized carbons (Fsp3) is 0.0500. The zero-order valence-electron chi connectivity index (χ0n) is 13.7. The molecule has 6 heteroatoms. The predicted molar refractivity (Wildman–Crippen MR) is 96.6 cm³/mol. The SMILES string of the molecule is O=C(Nc1ccc(Nc2ccc3c(c2)OCO3)cc1)c1cccc(F)c1. The second-order valence-corrected chi connectivity index (χ2v) is 5.73. The fourth-order valence-electron chi connectivity index (χ4n) is 2.61. The summed E-state index contributed by atoms with van der Waals surface area (Å²) in [6.45, 7) is 0.235. The first kappa shape index (κ1) is 16.0. The molecule has 1 aliphatic heterocycles. The van der Waals surface area contributed by atoms with E-state index >= 15 is 0 Å². The molecular weight excluding hydrogens is 335 g/mol. The third kappa shape index (κ3) is 3.44. The molecule has 0 saturated carbocycles. The van der Waals surface area contributed by atoms with Gasteiger partial charge in [-0.1, -0.05) is 6.07 Å². The van der Waals surface area contributed by atoms with Gasteiger partial charge in [-0.05, 0) is 54.6 Å². The number of nitrogens with one attached hydrogen (secondary N) is 2. The monoisotopic (exact) mass is 350 g/mol. The van der Waals surface area contributed by atoms with Crippen molar-refractivity contribution in [1.82, 2.24) is 0 Å². The number of fused-ring (bicyclic) bond motifs is 1. The number of carbonyl (C=O) groups excluding carboxylic acids is 1. The van der Waals surface area contributed by atoms with Crippen molar-refractivity contribution in [3.8, 4) is 11.5 Å². The van der Waals surface area contributed by atoms with Crippen LogP contribution in [0.15, 0.2) is 66.7 Å². The Morgan fingerprint density at radius 2 is 1.58 bits per heavy atom. The number of halogens is 1. The van der Waals surface area contributed by atoms with E-state index in [-0.39, 0.29) is 18.3 Å². The molecule has 0 unspecified atom stereocenters. The van der Waals surface area contributed by atoms with Gasteiger partial charge in [0.25, 0.3) is 5.91 Å². The first-order valence-electron chi connectivity index (χ1n) is 8.01. The van der Waals surface area contributed by atoms with E-state index < -0.39 is 5.82 Å². The highest BCUT2D eigenvalue weighted by Gasteiger charge is 2.13. The molecule has 0 bridgehead atoms. The van der Waals surface area contributed by atoms with Crippen molar-refractivity contribution in [2.45, 2.75) is 0 Å². The van der Waals surface area contributed by atoms with Crippen LogP contribution in [0, 0.1) is 5.82 Å². The number of amides is 1. The minimum Gasteiger partial charge on any atom is -0.454 e. The second-order valence-electron chi connectivity index (χ2n) is 5.73. The van der Waals surface area contributed by atoms with Gasteiger partial charge >= 0.3 is 0 Å². The highest BCUT2D eigenvalue weighted by atomic mass is 19.1. The van der Waals surface area contributed by atoms with Gasteiger partial charge in [0.1, 0.15) is 5.82 Å². The smallest absolute Gasteiger partial charge is 0.255 e. The van der Waals surface area contributed by atoms with Gasteiger partial charge in [0.15, 0.2) is 11.5 Å². The van der Waals surface area contributed by atoms with E-state index in [1.54, 1.807) is 18.2 Å². The molecule has 3 aromatic carbocycles. The number of anilines is 3. The predicted octanol–water partition coefficient (Wildman–Crippen LogP) is 4.55. The van der Waals surface area contributed by atoms with Crippen LogP contribution in [0.4, 0.5) is 21.5 Å². The summed E-state index contributed by atoms with van der Waals surface area (Å²) in [4.78, 5) is 12.1. The Morgan fingerprint density at radius 1 is 0.846 bits per heavy atom. The normalized spacial score (nSPS) is 11.9. The van der Waals surface area contributed by atoms with Crippen LogP contribution in [-0.2, 0) is 0 Å².